The maximum Gasteiger partial charge on any atom is 0.906 e. The molecule has 0 heterocycles. The van der Waals surface area contributed by atoms with Crippen LogP contribution < -0.4 is 0 Å². The Morgan fingerprint density at radius 1 is 0.857 bits per heavy atom. The van der Waals surface area contributed by atoms with Crippen LogP contribution in [0.15, 0.2) is 0 Å². The van der Waals surface area contributed by atoms with Crippen LogP contribution in [0.5, 0.6) is 0 Å². The molecule has 0 N–H and O–H groups in total. The van der Waals surface area contributed by atoms with Crippen molar-refractivity contribution < 1.29 is 11.4 Å². The van der Waals surface area contributed by atoms with Crippen LogP contribution in [0.3, 0.4) is 0 Å². The van der Waals surface area contributed by atoms with Gasteiger partial charge in [0.1, 0.15) is 0 Å². The largest absolute Gasteiger partial charge is 0.906 e. The molecule has 0 aliphatic carbocycles. The summed E-state index contributed by atoms with van der Waals surface area (Å²) in [6, 6.07) is 0. The first-order valence-corrected chi connectivity index (χ1v) is 6.75. The third-order valence-corrected chi connectivity index (χ3v) is 3.33. The molecule has 0 bridgehead atoms. The Bertz CT molecular complexity index is 127. The van der Waals surface area contributed by atoms with Crippen LogP contribution in [0.25, 0.3) is 0 Å². The van der Waals surface area contributed by atoms with Gasteiger partial charge in [0.05, 0.1) is 0 Å². The lowest BCUT2D eigenvalue weighted by atomic mass is 10.2. The third kappa shape index (κ3) is 8.99. The third-order valence-electron chi connectivity index (χ3n) is 1.33. The molecule has 0 aromatic heterocycles. The zero-order valence-corrected chi connectivity index (χ0v) is 11.4. The fraction of sp³-hybridized carbons (Fsp3) is 1.00. The molecule has 4 heteroatoms. The summed E-state index contributed by atoms with van der Waals surface area (Å²) in [7, 11) is 0. The number of hydrogen-bond donors (Lipinski definition) is 0. The summed E-state index contributed by atoms with van der Waals surface area (Å²) in [4.78, 5) is 0. The average molecular weight is 218 g/mol. The van der Waals surface area contributed by atoms with Crippen molar-refractivity contribution in [1.82, 2.24) is 0 Å². The van der Waals surface area contributed by atoms with Crippen molar-refractivity contribution in [2.24, 2.45) is 5.92 Å². The molecule has 0 atom stereocenters. The normalized spacial score (nSPS) is 11.8. The lowest BCUT2D eigenvalue weighted by Crippen LogP contribution is -2.33. The fourth-order valence-corrected chi connectivity index (χ4v) is 2.48. The van der Waals surface area contributed by atoms with Gasteiger partial charge in [0.2, 0.25) is 0 Å². The van der Waals surface area contributed by atoms with Crippen LogP contribution in [-0.2, 0) is 11.4 Å². The summed E-state index contributed by atoms with van der Waals surface area (Å²) in [5.41, 5.74) is 0. The maximum atomic E-state index is 5.62. The minimum atomic E-state index is -1.91. The molecule has 0 aromatic carbocycles. The minimum absolute atomic E-state index is 0.178. The molecular formula is C10H23AlO3. The van der Waals surface area contributed by atoms with E-state index in [0.29, 0.717) is 5.92 Å². The predicted molar refractivity (Wildman–Crippen MR) is 59.0 cm³/mol. The van der Waals surface area contributed by atoms with E-state index in [4.69, 9.17) is 11.4 Å². The van der Waals surface area contributed by atoms with Gasteiger partial charge in [0, 0.05) is 18.8 Å². The van der Waals surface area contributed by atoms with Crippen molar-refractivity contribution >= 4 is 15.1 Å². The molecule has 0 spiro atoms. The Morgan fingerprint density at radius 3 is 1.57 bits per heavy atom. The SMILES string of the molecule is CC(C)C[O][Al]([O]C(C)C)[O]C(C)C. The lowest BCUT2D eigenvalue weighted by Gasteiger charge is -2.18. The average Bonchev–Trinajstić information content (AvgIpc) is 1.97. The molecule has 0 saturated heterocycles. The minimum Gasteiger partial charge on any atom is -0.454 e. The molecular weight excluding hydrogens is 195 g/mol. The maximum absolute atomic E-state index is 5.62. The van der Waals surface area contributed by atoms with Gasteiger partial charge in [-0.05, 0) is 33.6 Å². The van der Waals surface area contributed by atoms with Crippen LogP contribution in [0.1, 0.15) is 41.5 Å². The highest BCUT2D eigenvalue weighted by Gasteiger charge is 2.33. The van der Waals surface area contributed by atoms with Crippen LogP contribution in [0.4, 0.5) is 0 Å². The highest BCUT2D eigenvalue weighted by atomic mass is 27.3. The Hall–Kier alpha value is 0.412. The second kappa shape index (κ2) is 7.67. The van der Waals surface area contributed by atoms with E-state index >= 15 is 0 Å². The molecule has 14 heavy (non-hydrogen) atoms. The Labute approximate surface area is 93.1 Å². The number of hydrogen-bond acceptors (Lipinski definition) is 3. The van der Waals surface area contributed by atoms with Gasteiger partial charge in [-0.2, -0.15) is 0 Å². The highest BCUT2D eigenvalue weighted by Crippen LogP contribution is 2.04. The van der Waals surface area contributed by atoms with Crippen LogP contribution in [0, 0.1) is 5.92 Å². The van der Waals surface area contributed by atoms with E-state index in [-0.39, 0.29) is 12.2 Å². The summed E-state index contributed by atoms with van der Waals surface area (Å²) in [5.74, 6) is 0.525. The molecule has 0 aromatic rings. The monoisotopic (exact) mass is 218 g/mol. The van der Waals surface area contributed by atoms with E-state index in [2.05, 4.69) is 13.8 Å². The van der Waals surface area contributed by atoms with Crippen molar-refractivity contribution in [3.05, 3.63) is 0 Å². The first-order valence-electron chi connectivity index (χ1n) is 5.34. The van der Waals surface area contributed by atoms with Crippen molar-refractivity contribution in [1.29, 1.82) is 0 Å². The fourth-order valence-electron chi connectivity index (χ4n) is 0.826. The van der Waals surface area contributed by atoms with Gasteiger partial charge in [-0.25, -0.2) is 0 Å². The van der Waals surface area contributed by atoms with Crippen molar-refractivity contribution in [2.45, 2.75) is 53.8 Å². The van der Waals surface area contributed by atoms with Gasteiger partial charge in [-0.3, -0.25) is 0 Å². The molecule has 0 aliphatic heterocycles. The van der Waals surface area contributed by atoms with Crippen LogP contribution >= 0.6 is 0 Å². The quantitative estimate of drug-likeness (QED) is 0.614. The van der Waals surface area contributed by atoms with E-state index in [1.165, 1.54) is 0 Å². The van der Waals surface area contributed by atoms with Gasteiger partial charge in [0.15, 0.2) is 0 Å². The molecule has 0 saturated carbocycles. The summed E-state index contributed by atoms with van der Waals surface area (Å²) in [6.45, 7) is 13.0. The van der Waals surface area contributed by atoms with Crippen molar-refractivity contribution in [3.8, 4) is 0 Å². The molecule has 0 unspecified atom stereocenters. The van der Waals surface area contributed by atoms with E-state index in [9.17, 15) is 0 Å². The summed E-state index contributed by atoms with van der Waals surface area (Å²) in [5, 5.41) is 0. The lowest BCUT2D eigenvalue weighted by molar-refractivity contribution is 0.0442. The molecule has 0 radical (unpaired) electrons. The van der Waals surface area contributed by atoms with Gasteiger partial charge < -0.3 is 11.4 Å². The van der Waals surface area contributed by atoms with Crippen molar-refractivity contribution in [2.75, 3.05) is 6.61 Å². The number of rotatable bonds is 7. The first kappa shape index (κ1) is 14.4. The summed E-state index contributed by atoms with van der Waals surface area (Å²) in [6.07, 6.45) is 0.357. The topological polar surface area (TPSA) is 27.7 Å². The smallest absolute Gasteiger partial charge is 0.454 e. The van der Waals surface area contributed by atoms with E-state index in [0.717, 1.165) is 6.61 Å². The molecule has 0 aliphatic rings. The zero-order valence-electron chi connectivity index (χ0n) is 10.2. The molecule has 3 nitrogen and oxygen atoms in total. The van der Waals surface area contributed by atoms with E-state index in [1.807, 2.05) is 27.7 Å². The van der Waals surface area contributed by atoms with Gasteiger partial charge in [0.25, 0.3) is 0 Å². The first-order chi connectivity index (χ1) is 6.41. The van der Waals surface area contributed by atoms with Crippen LogP contribution in [0.2, 0.25) is 0 Å². The Balaban J connectivity index is 3.84. The molecule has 0 fully saturated rings. The second-order valence-electron chi connectivity index (χ2n) is 4.39. The summed E-state index contributed by atoms with van der Waals surface area (Å²) >= 11 is -1.91. The second-order valence-corrected chi connectivity index (χ2v) is 5.84. The standard InChI is InChI=1S/C4H9O.2C3H7O.Al/c1-4(2)3-5;2*1-3(2)4;/h4H,3H2,1-2H3;2*3H,1-2H3;/q3*-1;+3. The molecule has 84 valence electrons. The predicted octanol–water partition coefficient (Wildman–Crippen LogP) is 2.49. The molecule has 0 rings (SSSR count). The van der Waals surface area contributed by atoms with Crippen molar-refractivity contribution in [3.63, 3.8) is 0 Å². The zero-order chi connectivity index (χ0) is 11.1. The Kier molecular flexibility index (Phi) is 7.90. The van der Waals surface area contributed by atoms with E-state index < -0.39 is 15.1 Å². The summed E-state index contributed by atoms with van der Waals surface area (Å²) < 4.78 is 16.8. The highest BCUT2D eigenvalue weighted by molar-refractivity contribution is 6.36. The van der Waals surface area contributed by atoms with Gasteiger partial charge in [-0.1, -0.05) is 13.8 Å². The van der Waals surface area contributed by atoms with Gasteiger partial charge in [-0.15, -0.1) is 0 Å². The van der Waals surface area contributed by atoms with Crippen LogP contribution in [-0.4, -0.2) is 34.0 Å². The van der Waals surface area contributed by atoms with E-state index in [1.54, 1.807) is 0 Å². The Morgan fingerprint density at radius 2 is 1.29 bits per heavy atom. The molecule has 0 amide bonds. The van der Waals surface area contributed by atoms with Gasteiger partial charge >= 0.3 is 15.1 Å².